The van der Waals surface area contributed by atoms with E-state index in [1.54, 1.807) is 6.20 Å². The number of fused-ring (bicyclic) bond motifs is 1. The Balaban J connectivity index is 2.17. The first-order valence-corrected chi connectivity index (χ1v) is 5.74. The van der Waals surface area contributed by atoms with E-state index in [1.807, 2.05) is 6.07 Å². The summed E-state index contributed by atoms with van der Waals surface area (Å²) in [4.78, 5) is 0. The van der Waals surface area contributed by atoms with Gasteiger partial charge in [0.25, 0.3) is 0 Å². The van der Waals surface area contributed by atoms with Crippen molar-refractivity contribution >= 4 is 17.4 Å². The summed E-state index contributed by atoms with van der Waals surface area (Å²) < 4.78 is 0. The molecule has 0 saturated carbocycles. The van der Waals surface area contributed by atoms with Crippen LogP contribution in [0.1, 0.15) is 17.5 Å². The molecule has 0 aliphatic heterocycles. The van der Waals surface area contributed by atoms with Crippen molar-refractivity contribution in [3.63, 3.8) is 0 Å². The van der Waals surface area contributed by atoms with Crippen LogP contribution in [0, 0.1) is 0 Å². The van der Waals surface area contributed by atoms with Crippen molar-refractivity contribution < 1.29 is 0 Å². The van der Waals surface area contributed by atoms with Crippen molar-refractivity contribution in [1.82, 2.24) is 10.2 Å². The zero-order valence-electron chi connectivity index (χ0n) is 8.76. The summed E-state index contributed by atoms with van der Waals surface area (Å²) in [6.07, 6.45) is 5.14. The average molecular weight is 234 g/mol. The number of aryl methyl sites for hydroxylation is 1. The van der Waals surface area contributed by atoms with Crippen LogP contribution in [0.3, 0.4) is 0 Å². The van der Waals surface area contributed by atoms with Crippen LogP contribution in [0.5, 0.6) is 0 Å². The van der Waals surface area contributed by atoms with Gasteiger partial charge in [-0.3, -0.25) is 5.10 Å². The molecule has 3 nitrogen and oxygen atoms in total. The van der Waals surface area contributed by atoms with Gasteiger partial charge in [-0.1, -0.05) is 17.7 Å². The summed E-state index contributed by atoms with van der Waals surface area (Å²) in [7, 11) is 0. The molecule has 3 N–H and O–H groups in total. The second-order valence-corrected chi connectivity index (χ2v) is 4.55. The fourth-order valence-corrected chi connectivity index (χ4v) is 2.67. The van der Waals surface area contributed by atoms with E-state index in [0.717, 1.165) is 29.0 Å². The third kappa shape index (κ3) is 1.39. The summed E-state index contributed by atoms with van der Waals surface area (Å²) >= 11 is 6.27. The summed E-state index contributed by atoms with van der Waals surface area (Å²) in [5.74, 6) is 0.592. The Kier molecular flexibility index (Phi) is 2.14. The maximum Gasteiger partial charge on any atom is 0.126 e. The highest BCUT2D eigenvalue weighted by Crippen LogP contribution is 2.35. The van der Waals surface area contributed by atoms with Gasteiger partial charge in [-0.25, -0.2) is 0 Å². The van der Waals surface area contributed by atoms with Crippen LogP contribution in [0.4, 0.5) is 5.82 Å². The van der Waals surface area contributed by atoms with E-state index >= 15 is 0 Å². The second kappa shape index (κ2) is 3.52. The van der Waals surface area contributed by atoms with Gasteiger partial charge in [0.15, 0.2) is 0 Å². The number of rotatable bonds is 1. The standard InChI is InChI=1S/C12H12ClN3/c13-11-5-8(10-6-15-16-12(10)14)4-7-2-1-3-9(7)11/h4-6H,1-3H2,(H3,14,15,16). The molecule has 1 aliphatic carbocycles. The summed E-state index contributed by atoms with van der Waals surface area (Å²) in [5, 5.41) is 7.52. The third-order valence-electron chi connectivity index (χ3n) is 3.14. The molecule has 1 aliphatic rings. The van der Waals surface area contributed by atoms with Crippen LogP contribution in [0.15, 0.2) is 18.3 Å². The molecule has 0 unspecified atom stereocenters. The molecule has 0 radical (unpaired) electrons. The first-order valence-electron chi connectivity index (χ1n) is 5.36. The minimum Gasteiger partial charge on any atom is -0.384 e. The smallest absolute Gasteiger partial charge is 0.126 e. The number of nitrogens with zero attached hydrogens (tertiary/aromatic N) is 1. The Bertz CT molecular complexity index is 545. The fourth-order valence-electron chi connectivity index (χ4n) is 2.33. The number of hydrogen-bond donors (Lipinski definition) is 2. The van der Waals surface area contributed by atoms with Gasteiger partial charge in [-0.15, -0.1) is 0 Å². The highest BCUT2D eigenvalue weighted by Gasteiger charge is 2.16. The highest BCUT2D eigenvalue weighted by molar-refractivity contribution is 6.31. The molecule has 0 bridgehead atoms. The zero-order valence-corrected chi connectivity index (χ0v) is 9.51. The Hall–Kier alpha value is -1.48. The third-order valence-corrected chi connectivity index (χ3v) is 3.48. The van der Waals surface area contributed by atoms with Gasteiger partial charge in [-0.2, -0.15) is 5.10 Å². The highest BCUT2D eigenvalue weighted by atomic mass is 35.5. The average Bonchev–Trinajstić information content (AvgIpc) is 2.85. The molecule has 0 atom stereocenters. The van der Waals surface area contributed by atoms with E-state index in [2.05, 4.69) is 16.3 Å². The zero-order chi connectivity index (χ0) is 11.1. The predicted octanol–water partition coefficient (Wildman–Crippen LogP) is 2.80. The molecule has 4 heteroatoms. The van der Waals surface area contributed by atoms with E-state index in [9.17, 15) is 0 Å². The SMILES string of the molecule is Nc1[nH]ncc1-c1cc(Cl)c2c(c1)CCC2. The first-order chi connectivity index (χ1) is 7.75. The topological polar surface area (TPSA) is 54.7 Å². The molecular formula is C12H12ClN3. The molecule has 1 heterocycles. The number of aromatic nitrogens is 2. The van der Waals surface area contributed by atoms with Crippen LogP contribution in [-0.2, 0) is 12.8 Å². The second-order valence-electron chi connectivity index (χ2n) is 4.15. The van der Waals surface area contributed by atoms with Crippen molar-refractivity contribution in [2.75, 3.05) is 5.73 Å². The summed E-state index contributed by atoms with van der Waals surface area (Å²) in [5.41, 5.74) is 10.4. The molecule has 82 valence electrons. The molecular weight excluding hydrogens is 222 g/mol. The number of benzene rings is 1. The number of anilines is 1. The predicted molar refractivity (Wildman–Crippen MR) is 65.5 cm³/mol. The Morgan fingerprint density at radius 1 is 1.31 bits per heavy atom. The Labute approximate surface area is 98.6 Å². The largest absolute Gasteiger partial charge is 0.384 e. The van der Waals surface area contributed by atoms with Gasteiger partial charge in [0.05, 0.1) is 6.20 Å². The fraction of sp³-hybridized carbons (Fsp3) is 0.250. The van der Waals surface area contributed by atoms with Crippen LogP contribution in [0.2, 0.25) is 5.02 Å². The number of hydrogen-bond acceptors (Lipinski definition) is 2. The lowest BCUT2D eigenvalue weighted by molar-refractivity contribution is 0.912. The van der Waals surface area contributed by atoms with Crippen molar-refractivity contribution in [3.05, 3.63) is 34.5 Å². The minimum absolute atomic E-state index is 0.592. The summed E-state index contributed by atoms with van der Waals surface area (Å²) in [6.45, 7) is 0. The van der Waals surface area contributed by atoms with E-state index in [-0.39, 0.29) is 0 Å². The monoisotopic (exact) mass is 233 g/mol. The molecule has 1 aromatic carbocycles. The first kappa shape index (κ1) is 9.73. The Morgan fingerprint density at radius 2 is 2.19 bits per heavy atom. The lowest BCUT2D eigenvalue weighted by Crippen LogP contribution is -1.90. The molecule has 0 amide bonds. The van der Waals surface area contributed by atoms with Crippen LogP contribution in [0.25, 0.3) is 11.1 Å². The van der Waals surface area contributed by atoms with E-state index in [1.165, 1.54) is 17.5 Å². The summed E-state index contributed by atoms with van der Waals surface area (Å²) in [6, 6.07) is 4.16. The van der Waals surface area contributed by atoms with Crippen molar-refractivity contribution in [1.29, 1.82) is 0 Å². The number of nitrogens with two attached hydrogens (primary N) is 1. The Morgan fingerprint density at radius 3 is 2.94 bits per heavy atom. The number of nitrogen functional groups attached to an aromatic ring is 1. The van der Waals surface area contributed by atoms with E-state index in [0.29, 0.717) is 5.82 Å². The normalized spacial score (nSPS) is 14.1. The lowest BCUT2D eigenvalue weighted by Gasteiger charge is -2.06. The van der Waals surface area contributed by atoms with Gasteiger partial charge < -0.3 is 5.73 Å². The lowest BCUT2D eigenvalue weighted by atomic mass is 10.0. The molecule has 1 aromatic heterocycles. The molecule has 0 spiro atoms. The maximum absolute atomic E-state index is 6.27. The van der Waals surface area contributed by atoms with Gasteiger partial charge in [0, 0.05) is 10.6 Å². The number of halogens is 1. The number of nitrogens with one attached hydrogen (secondary N) is 1. The van der Waals surface area contributed by atoms with E-state index < -0.39 is 0 Å². The van der Waals surface area contributed by atoms with Gasteiger partial charge in [0.2, 0.25) is 0 Å². The minimum atomic E-state index is 0.592. The van der Waals surface area contributed by atoms with Crippen molar-refractivity contribution in [2.45, 2.75) is 19.3 Å². The molecule has 2 aromatic rings. The van der Waals surface area contributed by atoms with Gasteiger partial charge in [-0.05, 0) is 42.0 Å². The molecule has 16 heavy (non-hydrogen) atoms. The molecule has 3 rings (SSSR count). The van der Waals surface area contributed by atoms with Crippen LogP contribution < -0.4 is 5.73 Å². The van der Waals surface area contributed by atoms with Crippen LogP contribution in [-0.4, -0.2) is 10.2 Å². The number of aromatic amines is 1. The number of H-pyrrole nitrogens is 1. The van der Waals surface area contributed by atoms with E-state index in [4.69, 9.17) is 17.3 Å². The van der Waals surface area contributed by atoms with Gasteiger partial charge in [0.1, 0.15) is 5.82 Å². The van der Waals surface area contributed by atoms with Gasteiger partial charge >= 0.3 is 0 Å². The van der Waals surface area contributed by atoms with Crippen molar-refractivity contribution in [3.8, 4) is 11.1 Å². The maximum atomic E-state index is 6.27. The van der Waals surface area contributed by atoms with Crippen molar-refractivity contribution in [2.24, 2.45) is 0 Å². The molecule has 0 saturated heterocycles. The molecule has 0 fully saturated rings. The van der Waals surface area contributed by atoms with Crippen LogP contribution >= 0.6 is 11.6 Å². The quantitative estimate of drug-likeness (QED) is 0.796.